The molecule has 0 aliphatic carbocycles. The molecule has 7 heteroatoms. The lowest BCUT2D eigenvalue weighted by Crippen LogP contribution is -2.38. The van der Waals surface area contributed by atoms with Crippen LogP contribution in [-0.4, -0.2) is 57.8 Å². The molecule has 0 radical (unpaired) electrons. The molecule has 2 aromatic carbocycles. The highest BCUT2D eigenvalue weighted by Gasteiger charge is 2.33. The summed E-state index contributed by atoms with van der Waals surface area (Å²) in [6.45, 7) is 4.05. The second kappa shape index (κ2) is 9.77. The smallest absolute Gasteiger partial charge is 0.289 e. The first-order valence-corrected chi connectivity index (χ1v) is 11.0. The molecule has 3 aromatic rings. The fourth-order valence-electron chi connectivity index (χ4n) is 4.21. The van der Waals surface area contributed by atoms with Gasteiger partial charge in [0.15, 0.2) is 5.82 Å². The van der Waals surface area contributed by atoms with E-state index in [1.807, 2.05) is 42.2 Å². The number of hydrogen-bond donors (Lipinski definition) is 1. The molecule has 1 fully saturated rings. The second-order valence-electron chi connectivity index (χ2n) is 8.09. The van der Waals surface area contributed by atoms with Crippen molar-refractivity contribution in [1.82, 2.24) is 19.8 Å². The zero-order chi connectivity index (χ0) is 22.5. The molecule has 0 spiro atoms. The topological polar surface area (TPSA) is 69.3 Å². The van der Waals surface area contributed by atoms with Crippen molar-refractivity contribution < 1.29 is 14.0 Å². The van der Waals surface area contributed by atoms with Crippen LogP contribution in [-0.2, 0) is 11.2 Å². The lowest BCUT2D eigenvalue weighted by molar-refractivity contribution is -0.134. The molecule has 0 saturated carbocycles. The summed E-state index contributed by atoms with van der Waals surface area (Å²) in [4.78, 5) is 36.6. The summed E-state index contributed by atoms with van der Waals surface area (Å²) in [5, 5.41) is 0. The van der Waals surface area contributed by atoms with Crippen LogP contribution in [0.5, 0.6) is 0 Å². The van der Waals surface area contributed by atoms with Crippen LogP contribution in [0.1, 0.15) is 29.5 Å². The largest absolute Gasteiger partial charge is 0.341 e. The van der Waals surface area contributed by atoms with Crippen LogP contribution in [0.15, 0.2) is 60.9 Å². The Kier molecular flexibility index (Phi) is 6.63. The number of benzene rings is 2. The molecule has 1 aliphatic rings. The minimum Gasteiger partial charge on any atom is -0.341 e. The van der Waals surface area contributed by atoms with E-state index in [0.29, 0.717) is 38.2 Å². The molecule has 2 amide bonds. The summed E-state index contributed by atoms with van der Waals surface area (Å²) in [6, 6.07) is 14.3. The van der Waals surface area contributed by atoms with E-state index in [0.717, 1.165) is 17.5 Å². The Balaban J connectivity index is 1.54. The molecule has 1 saturated heterocycles. The standard InChI is InChI=1S/C25H27FN4O2/c1-2-13-29-14-15-30(25(32)23-27-11-12-28-23)17-20(24(29)31)16-18-7-9-19(10-8-18)21-5-3-4-6-22(21)26/h3-12,20H,2,13-17H2,1H3,(H,27,28). The molecule has 2 heterocycles. The Labute approximate surface area is 187 Å². The maximum atomic E-state index is 14.1. The van der Waals surface area contributed by atoms with Gasteiger partial charge in [-0.3, -0.25) is 9.59 Å². The normalized spacial score (nSPS) is 16.8. The minimum absolute atomic E-state index is 0.0692. The summed E-state index contributed by atoms with van der Waals surface area (Å²) < 4.78 is 14.1. The predicted octanol–water partition coefficient (Wildman–Crippen LogP) is 3.77. The van der Waals surface area contributed by atoms with E-state index in [4.69, 9.17) is 0 Å². The predicted molar refractivity (Wildman–Crippen MR) is 120 cm³/mol. The minimum atomic E-state index is -0.345. The van der Waals surface area contributed by atoms with Gasteiger partial charge < -0.3 is 14.8 Å². The number of imidazole rings is 1. The van der Waals surface area contributed by atoms with Crippen molar-refractivity contribution in [2.24, 2.45) is 5.92 Å². The van der Waals surface area contributed by atoms with Crippen LogP contribution in [0, 0.1) is 11.7 Å². The summed E-state index contributed by atoms with van der Waals surface area (Å²) in [6.07, 6.45) is 4.54. The first kappa shape index (κ1) is 21.7. The van der Waals surface area contributed by atoms with Gasteiger partial charge in [-0.1, -0.05) is 49.4 Å². The third-order valence-electron chi connectivity index (χ3n) is 5.84. The highest BCUT2D eigenvalue weighted by atomic mass is 19.1. The molecule has 1 N–H and O–H groups in total. The number of amides is 2. The number of aromatic amines is 1. The third kappa shape index (κ3) is 4.72. The van der Waals surface area contributed by atoms with E-state index < -0.39 is 0 Å². The Morgan fingerprint density at radius 2 is 1.94 bits per heavy atom. The van der Waals surface area contributed by atoms with Gasteiger partial charge in [0, 0.05) is 44.1 Å². The fraction of sp³-hybridized carbons (Fsp3) is 0.320. The van der Waals surface area contributed by atoms with Crippen molar-refractivity contribution in [3.63, 3.8) is 0 Å². The van der Waals surface area contributed by atoms with Crippen LogP contribution in [0.4, 0.5) is 4.39 Å². The van der Waals surface area contributed by atoms with Crippen LogP contribution in [0.25, 0.3) is 11.1 Å². The number of nitrogens with zero attached hydrogens (tertiary/aromatic N) is 3. The molecule has 0 bridgehead atoms. The van der Waals surface area contributed by atoms with Crippen molar-refractivity contribution in [3.05, 3.63) is 78.1 Å². The number of hydrogen-bond acceptors (Lipinski definition) is 3. The van der Waals surface area contributed by atoms with Gasteiger partial charge in [-0.2, -0.15) is 0 Å². The molecule has 1 aromatic heterocycles. The highest BCUT2D eigenvalue weighted by Crippen LogP contribution is 2.24. The van der Waals surface area contributed by atoms with Gasteiger partial charge in [-0.25, -0.2) is 9.37 Å². The summed E-state index contributed by atoms with van der Waals surface area (Å²) in [5.74, 6) is -0.445. The maximum absolute atomic E-state index is 14.1. The average Bonchev–Trinajstić information content (AvgIpc) is 3.30. The number of halogens is 1. The van der Waals surface area contributed by atoms with Crippen molar-refractivity contribution >= 4 is 11.8 Å². The number of nitrogens with one attached hydrogen (secondary N) is 1. The fourth-order valence-corrected chi connectivity index (χ4v) is 4.21. The van der Waals surface area contributed by atoms with Gasteiger partial charge in [-0.05, 0) is 30.0 Å². The van der Waals surface area contributed by atoms with Crippen LogP contribution < -0.4 is 0 Å². The van der Waals surface area contributed by atoms with Gasteiger partial charge in [0.25, 0.3) is 5.91 Å². The highest BCUT2D eigenvalue weighted by molar-refractivity contribution is 5.91. The molecule has 32 heavy (non-hydrogen) atoms. The quantitative estimate of drug-likeness (QED) is 0.642. The SMILES string of the molecule is CCCN1CCN(C(=O)c2ncc[nH]2)CC(Cc2ccc(-c3ccccc3F)cc2)C1=O. The van der Waals surface area contributed by atoms with Gasteiger partial charge >= 0.3 is 0 Å². The van der Waals surface area contributed by atoms with Crippen molar-refractivity contribution in [2.75, 3.05) is 26.2 Å². The zero-order valence-electron chi connectivity index (χ0n) is 18.1. The molecule has 6 nitrogen and oxygen atoms in total. The molecule has 1 atom stereocenters. The Morgan fingerprint density at radius 3 is 2.62 bits per heavy atom. The molecular formula is C25H27FN4O2. The second-order valence-corrected chi connectivity index (χ2v) is 8.09. The summed E-state index contributed by atoms with van der Waals surface area (Å²) >= 11 is 0. The van der Waals surface area contributed by atoms with E-state index in [1.54, 1.807) is 29.4 Å². The molecule has 4 rings (SSSR count). The number of aromatic nitrogens is 2. The van der Waals surface area contributed by atoms with Crippen LogP contribution in [0.3, 0.4) is 0 Å². The van der Waals surface area contributed by atoms with Crippen molar-refractivity contribution in [3.8, 4) is 11.1 Å². The van der Waals surface area contributed by atoms with Crippen LogP contribution >= 0.6 is 0 Å². The number of carbonyl (C=O) groups excluding carboxylic acids is 2. The van der Waals surface area contributed by atoms with Crippen molar-refractivity contribution in [2.45, 2.75) is 19.8 Å². The van der Waals surface area contributed by atoms with Gasteiger partial charge in [0.1, 0.15) is 5.82 Å². The van der Waals surface area contributed by atoms with E-state index in [2.05, 4.69) is 9.97 Å². The summed E-state index contributed by atoms with van der Waals surface area (Å²) in [7, 11) is 0. The molecule has 166 valence electrons. The van der Waals surface area contributed by atoms with E-state index in [-0.39, 0.29) is 29.4 Å². The molecule has 1 aliphatic heterocycles. The monoisotopic (exact) mass is 434 g/mol. The van der Waals surface area contributed by atoms with E-state index in [9.17, 15) is 14.0 Å². The van der Waals surface area contributed by atoms with Crippen LogP contribution in [0.2, 0.25) is 0 Å². The first-order chi connectivity index (χ1) is 15.6. The Morgan fingerprint density at radius 1 is 1.16 bits per heavy atom. The number of rotatable bonds is 6. The maximum Gasteiger partial charge on any atom is 0.289 e. The van der Waals surface area contributed by atoms with Crippen molar-refractivity contribution in [1.29, 1.82) is 0 Å². The lowest BCUT2D eigenvalue weighted by atomic mass is 9.95. The number of H-pyrrole nitrogens is 1. The molecule has 1 unspecified atom stereocenters. The van der Waals surface area contributed by atoms with Gasteiger partial charge in [0.2, 0.25) is 5.91 Å². The zero-order valence-corrected chi connectivity index (χ0v) is 18.1. The Bertz CT molecular complexity index is 1070. The molecular weight excluding hydrogens is 407 g/mol. The van der Waals surface area contributed by atoms with Gasteiger partial charge in [0.05, 0.1) is 5.92 Å². The third-order valence-corrected chi connectivity index (χ3v) is 5.84. The summed E-state index contributed by atoms with van der Waals surface area (Å²) in [5.41, 5.74) is 2.32. The first-order valence-electron chi connectivity index (χ1n) is 11.0. The Hall–Kier alpha value is -3.48. The lowest BCUT2D eigenvalue weighted by Gasteiger charge is -2.23. The van der Waals surface area contributed by atoms with E-state index >= 15 is 0 Å². The number of carbonyl (C=O) groups is 2. The average molecular weight is 435 g/mol. The van der Waals surface area contributed by atoms with E-state index in [1.165, 1.54) is 6.07 Å². The van der Waals surface area contributed by atoms with Gasteiger partial charge in [-0.15, -0.1) is 0 Å².